The summed E-state index contributed by atoms with van der Waals surface area (Å²) in [7, 11) is 0. The van der Waals surface area contributed by atoms with Crippen molar-refractivity contribution in [3.05, 3.63) is 47.3 Å². The maximum Gasteiger partial charge on any atom is 0.258 e. The van der Waals surface area contributed by atoms with Crippen LogP contribution in [0.3, 0.4) is 0 Å². The summed E-state index contributed by atoms with van der Waals surface area (Å²) in [5.74, 6) is 0.330. The predicted octanol–water partition coefficient (Wildman–Crippen LogP) is 3.42. The van der Waals surface area contributed by atoms with Crippen molar-refractivity contribution in [1.82, 2.24) is 9.97 Å². The molecule has 0 aliphatic rings. The number of aromatic nitrogens is 2. The third-order valence-corrected chi connectivity index (χ3v) is 3.31. The Balaban J connectivity index is 2.16. The highest BCUT2D eigenvalue weighted by Crippen LogP contribution is 2.21. The number of nitrogens with one attached hydrogen (secondary N) is 2. The molecule has 1 heterocycles. The summed E-state index contributed by atoms with van der Waals surface area (Å²) in [4.78, 5) is 20.7. The average molecular weight is 298 g/mol. The predicted molar refractivity (Wildman–Crippen MR) is 89.3 cm³/mol. The fourth-order valence-corrected chi connectivity index (χ4v) is 2.17. The molecule has 0 saturated carbocycles. The van der Waals surface area contributed by atoms with Gasteiger partial charge in [0, 0.05) is 24.1 Å². The number of anilines is 2. The minimum atomic E-state index is -0.194. The summed E-state index contributed by atoms with van der Waals surface area (Å²) in [6, 6.07) is 6.26. The van der Waals surface area contributed by atoms with E-state index >= 15 is 0 Å². The summed E-state index contributed by atoms with van der Waals surface area (Å²) in [5, 5.41) is 6.06. The summed E-state index contributed by atoms with van der Waals surface area (Å²) >= 11 is 0. The maximum atomic E-state index is 12.4. The Morgan fingerprint density at radius 3 is 2.50 bits per heavy atom. The molecule has 0 aliphatic heterocycles. The third-order valence-electron chi connectivity index (χ3n) is 3.31. The number of hydrogen-bond acceptors (Lipinski definition) is 4. The van der Waals surface area contributed by atoms with Gasteiger partial charge in [0.15, 0.2) is 0 Å². The van der Waals surface area contributed by atoms with E-state index in [9.17, 15) is 4.79 Å². The highest BCUT2D eigenvalue weighted by Gasteiger charge is 2.11. The normalized spacial score (nSPS) is 10.6. The standard InChI is InChI=1S/C17H22N4O/c1-5-13-8-6-7-12(4)15(13)21-16(22)14-9-18-17(19-10-14)20-11(2)3/h6-11H,5H2,1-4H3,(H,21,22)(H,18,19,20). The van der Waals surface area contributed by atoms with E-state index in [1.807, 2.05) is 39.0 Å². The van der Waals surface area contributed by atoms with Crippen LogP contribution >= 0.6 is 0 Å². The number of benzene rings is 1. The summed E-state index contributed by atoms with van der Waals surface area (Å²) in [5.41, 5.74) is 3.48. The zero-order valence-electron chi connectivity index (χ0n) is 13.5. The second-order valence-electron chi connectivity index (χ2n) is 5.51. The van der Waals surface area contributed by atoms with Crippen LogP contribution in [0.4, 0.5) is 11.6 Å². The van der Waals surface area contributed by atoms with Gasteiger partial charge in [-0.15, -0.1) is 0 Å². The van der Waals surface area contributed by atoms with Crippen LogP contribution in [-0.4, -0.2) is 21.9 Å². The van der Waals surface area contributed by atoms with Gasteiger partial charge in [0.25, 0.3) is 5.91 Å². The second kappa shape index (κ2) is 7.02. The molecule has 0 bridgehead atoms. The fraction of sp³-hybridized carbons (Fsp3) is 0.353. The quantitative estimate of drug-likeness (QED) is 0.887. The lowest BCUT2D eigenvalue weighted by Gasteiger charge is -2.13. The molecule has 2 N–H and O–H groups in total. The molecule has 2 rings (SSSR count). The largest absolute Gasteiger partial charge is 0.352 e. The van der Waals surface area contributed by atoms with Crippen LogP contribution in [0.5, 0.6) is 0 Å². The highest BCUT2D eigenvalue weighted by molar-refractivity contribution is 6.04. The molecule has 0 saturated heterocycles. The van der Waals surface area contributed by atoms with Crippen LogP contribution in [0.15, 0.2) is 30.6 Å². The molecule has 1 aromatic heterocycles. The molecule has 5 heteroatoms. The Morgan fingerprint density at radius 1 is 1.23 bits per heavy atom. The van der Waals surface area contributed by atoms with Crippen LogP contribution in [0.25, 0.3) is 0 Å². The summed E-state index contributed by atoms with van der Waals surface area (Å²) in [6.07, 6.45) is 3.94. The van der Waals surface area contributed by atoms with Gasteiger partial charge in [0.1, 0.15) is 0 Å². The van der Waals surface area contributed by atoms with Gasteiger partial charge in [0.05, 0.1) is 5.56 Å². The van der Waals surface area contributed by atoms with E-state index in [4.69, 9.17) is 0 Å². The maximum absolute atomic E-state index is 12.4. The van der Waals surface area contributed by atoms with Crippen molar-refractivity contribution in [2.45, 2.75) is 40.2 Å². The second-order valence-corrected chi connectivity index (χ2v) is 5.51. The van der Waals surface area contributed by atoms with Gasteiger partial charge in [-0.1, -0.05) is 25.1 Å². The van der Waals surface area contributed by atoms with Gasteiger partial charge >= 0.3 is 0 Å². The number of carbonyl (C=O) groups excluding carboxylic acids is 1. The van der Waals surface area contributed by atoms with E-state index in [1.54, 1.807) is 0 Å². The monoisotopic (exact) mass is 298 g/mol. The van der Waals surface area contributed by atoms with Crippen molar-refractivity contribution in [2.75, 3.05) is 10.6 Å². The van der Waals surface area contributed by atoms with E-state index in [0.717, 1.165) is 23.2 Å². The molecule has 22 heavy (non-hydrogen) atoms. The molecule has 116 valence electrons. The molecule has 0 unspecified atom stereocenters. The third kappa shape index (κ3) is 3.81. The summed E-state index contributed by atoms with van der Waals surface area (Å²) < 4.78 is 0. The van der Waals surface area contributed by atoms with Crippen LogP contribution in [0.2, 0.25) is 0 Å². The molecule has 0 radical (unpaired) electrons. The first-order chi connectivity index (χ1) is 10.5. The zero-order valence-corrected chi connectivity index (χ0v) is 13.5. The lowest BCUT2D eigenvalue weighted by atomic mass is 10.1. The molecule has 0 aliphatic carbocycles. The number of carbonyl (C=O) groups is 1. The van der Waals surface area contributed by atoms with E-state index < -0.39 is 0 Å². The molecule has 0 fully saturated rings. The lowest BCUT2D eigenvalue weighted by molar-refractivity contribution is 0.102. The van der Waals surface area contributed by atoms with Crippen LogP contribution in [0.1, 0.15) is 42.3 Å². The van der Waals surface area contributed by atoms with E-state index in [0.29, 0.717) is 11.5 Å². The number of aryl methyl sites for hydroxylation is 2. The highest BCUT2D eigenvalue weighted by atomic mass is 16.1. The topological polar surface area (TPSA) is 66.9 Å². The Bertz CT molecular complexity index is 650. The molecule has 5 nitrogen and oxygen atoms in total. The Labute approximate surface area is 131 Å². The number of para-hydroxylation sites is 1. The van der Waals surface area contributed by atoms with E-state index in [-0.39, 0.29) is 11.9 Å². The zero-order chi connectivity index (χ0) is 16.1. The minimum absolute atomic E-state index is 0.194. The van der Waals surface area contributed by atoms with Crippen molar-refractivity contribution in [3.8, 4) is 0 Å². The SMILES string of the molecule is CCc1cccc(C)c1NC(=O)c1cnc(NC(C)C)nc1. The fourth-order valence-electron chi connectivity index (χ4n) is 2.17. The van der Waals surface area contributed by atoms with Gasteiger partial charge in [-0.25, -0.2) is 9.97 Å². The van der Waals surface area contributed by atoms with Crippen molar-refractivity contribution in [3.63, 3.8) is 0 Å². The number of amides is 1. The minimum Gasteiger partial charge on any atom is -0.352 e. The average Bonchev–Trinajstić information content (AvgIpc) is 2.49. The Kier molecular flexibility index (Phi) is 5.09. The molecular weight excluding hydrogens is 276 g/mol. The van der Waals surface area contributed by atoms with Crippen LogP contribution in [0, 0.1) is 6.92 Å². The van der Waals surface area contributed by atoms with Gasteiger partial charge in [-0.05, 0) is 38.3 Å². The van der Waals surface area contributed by atoms with Gasteiger partial charge in [-0.3, -0.25) is 4.79 Å². The Morgan fingerprint density at radius 2 is 1.91 bits per heavy atom. The first-order valence-corrected chi connectivity index (χ1v) is 7.49. The molecular formula is C17H22N4O. The van der Waals surface area contributed by atoms with E-state index in [1.165, 1.54) is 12.4 Å². The van der Waals surface area contributed by atoms with Crippen molar-refractivity contribution < 1.29 is 4.79 Å². The number of nitrogens with zero attached hydrogens (tertiary/aromatic N) is 2. The van der Waals surface area contributed by atoms with Gasteiger partial charge < -0.3 is 10.6 Å². The van der Waals surface area contributed by atoms with Gasteiger partial charge in [-0.2, -0.15) is 0 Å². The van der Waals surface area contributed by atoms with Gasteiger partial charge in [0.2, 0.25) is 5.95 Å². The van der Waals surface area contributed by atoms with Crippen molar-refractivity contribution in [1.29, 1.82) is 0 Å². The molecule has 2 aromatic rings. The van der Waals surface area contributed by atoms with Crippen LogP contribution in [-0.2, 0) is 6.42 Å². The smallest absolute Gasteiger partial charge is 0.258 e. The molecule has 1 amide bonds. The van der Waals surface area contributed by atoms with Crippen LogP contribution < -0.4 is 10.6 Å². The number of hydrogen-bond donors (Lipinski definition) is 2. The molecule has 0 atom stereocenters. The van der Waals surface area contributed by atoms with Crippen molar-refractivity contribution in [2.24, 2.45) is 0 Å². The molecule has 1 aromatic carbocycles. The first-order valence-electron chi connectivity index (χ1n) is 7.49. The van der Waals surface area contributed by atoms with Crippen molar-refractivity contribution >= 4 is 17.5 Å². The first kappa shape index (κ1) is 15.9. The summed E-state index contributed by atoms with van der Waals surface area (Å²) in [6.45, 7) is 8.07. The Hall–Kier alpha value is -2.43. The molecule has 0 spiro atoms. The lowest BCUT2D eigenvalue weighted by Crippen LogP contribution is -2.16. The van der Waals surface area contributed by atoms with E-state index in [2.05, 4.69) is 27.5 Å². The number of rotatable bonds is 5.